The zero-order valence-corrected chi connectivity index (χ0v) is 11.3. The van der Waals surface area contributed by atoms with Crippen LogP contribution in [-0.4, -0.2) is 23.2 Å². The summed E-state index contributed by atoms with van der Waals surface area (Å²) in [4.78, 5) is 11.1. The molecular formula is C14H27NO2. The minimum Gasteiger partial charge on any atom is -0.481 e. The van der Waals surface area contributed by atoms with Gasteiger partial charge in [-0.1, -0.05) is 33.1 Å². The van der Waals surface area contributed by atoms with E-state index in [2.05, 4.69) is 19.2 Å². The second-order valence-corrected chi connectivity index (χ2v) is 5.48. The van der Waals surface area contributed by atoms with Crippen LogP contribution < -0.4 is 5.32 Å². The average molecular weight is 241 g/mol. The van der Waals surface area contributed by atoms with Gasteiger partial charge in [-0.25, -0.2) is 0 Å². The van der Waals surface area contributed by atoms with Gasteiger partial charge in [0.25, 0.3) is 0 Å². The van der Waals surface area contributed by atoms with E-state index >= 15 is 0 Å². The molecule has 100 valence electrons. The van der Waals surface area contributed by atoms with Gasteiger partial charge < -0.3 is 10.4 Å². The molecule has 17 heavy (non-hydrogen) atoms. The zero-order chi connectivity index (χ0) is 12.7. The van der Waals surface area contributed by atoms with Crippen LogP contribution >= 0.6 is 0 Å². The van der Waals surface area contributed by atoms with Gasteiger partial charge in [-0.15, -0.1) is 0 Å². The van der Waals surface area contributed by atoms with Crippen LogP contribution in [0.1, 0.15) is 65.2 Å². The summed E-state index contributed by atoms with van der Waals surface area (Å²) in [5.41, 5.74) is -0.133. The van der Waals surface area contributed by atoms with Gasteiger partial charge in [-0.2, -0.15) is 0 Å². The van der Waals surface area contributed by atoms with Crippen molar-refractivity contribution < 1.29 is 9.90 Å². The SMILES string of the molecule is CCCNC1(CC(=O)O)CCCC(CC)CC1. The highest BCUT2D eigenvalue weighted by Crippen LogP contribution is 2.34. The van der Waals surface area contributed by atoms with Crippen LogP contribution in [0, 0.1) is 5.92 Å². The molecule has 1 fully saturated rings. The second-order valence-electron chi connectivity index (χ2n) is 5.48. The monoisotopic (exact) mass is 241 g/mol. The van der Waals surface area contributed by atoms with Crippen LogP contribution in [-0.2, 0) is 4.79 Å². The Kier molecular flexibility index (Phi) is 5.96. The number of carboxylic acid groups (broad SMARTS) is 1. The first-order valence-electron chi connectivity index (χ1n) is 7.08. The van der Waals surface area contributed by atoms with E-state index < -0.39 is 5.97 Å². The lowest BCUT2D eigenvalue weighted by Gasteiger charge is -2.33. The highest BCUT2D eigenvalue weighted by molar-refractivity contribution is 5.68. The van der Waals surface area contributed by atoms with Gasteiger partial charge in [-0.3, -0.25) is 4.79 Å². The molecule has 0 aromatic carbocycles. The van der Waals surface area contributed by atoms with Crippen LogP contribution in [0.25, 0.3) is 0 Å². The van der Waals surface area contributed by atoms with Crippen molar-refractivity contribution >= 4 is 5.97 Å². The van der Waals surface area contributed by atoms with E-state index in [4.69, 9.17) is 5.11 Å². The third-order valence-corrected chi connectivity index (χ3v) is 4.12. The predicted octanol–water partition coefficient (Wildman–Crippen LogP) is 3.19. The Labute approximate surface area is 105 Å². The topological polar surface area (TPSA) is 49.3 Å². The number of aliphatic carboxylic acids is 1. The average Bonchev–Trinajstić information content (AvgIpc) is 2.49. The molecule has 2 N–H and O–H groups in total. The van der Waals surface area contributed by atoms with E-state index in [9.17, 15) is 4.79 Å². The minimum absolute atomic E-state index is 0.133. The van der Waals surface area contributed by atoms with Gasteiger partial charge in [0.1, 0.15) is 0 Å². The number of rotatable bonds is 6. The summed E-state index contributed by atoms with van der Waals surface area (Å²) in [6.45, 7) is 5.31. The highest BCUT2D eigenvalue weighted by atomic mass is 16.4. The molecule has 3 nitrogen and oxygen atoms in total. The Morgan fingerprint density at radius 2 is 2.12 bits per heavy atom. The first kappa shape index (κ1) is 14.5. The van der Waals surface area contributed by atoms with Crippen molar-refractivity contribution in [3.63, 3.8) is 0 Å². The summed E-state index contributed by atoms with van der Waals surface area (Å²) < 4.78 is 0. The first-order valence-corrected chi connectivity index (χ1v) is 7.08. The maximum Gasteiger partial charge on any atom is 0.305 e. The lowest BCUT2D eigenvalue weighted by molar-refractivity contribution is -0.139. The van der Waals surface area contributed by atoms with Gasteiger partial charge in [0, 0.05) is 5.54 Å². The quantitative estimate of drug-likeness (QED) is 0.702. The van der Waals surface area contributed by atoms with Crippen LogP contribution in [0.2, 0.25) is 0 Å². The van der Waals surface area contributed by atoms with Gasteiger partial charge >= 0.3 is 5.97 Å². The van der Waals surface area contributed by atoms with E-state index in [0.29, 0.717) is 0 Å². The third kappa shape index (κ3) is 4.66. The van der Waals surface area contributed by atoms with E-state index in [1.807, 2.05) is 0 Å². The van der Waals surface area contributed by atoms with Crippen molar-refractivity contribution in [2.24, 2.45) is 5.92 Å². The summed E-state index contributed by atoms with van der Waals surface area (Å²) in [5.74, 6) is 0.137. The molecule has 1 aliphatic carbocycles. The van der Waals surface area contributed by atoms with Crippen molar-refractivity contribution in [3.8, 4) is 0 Å². The van der Waals surface area contributed by atoms with Crippen molar-refractivity contribution in [2.75, 3.05) is 6.54 Å². The molecular weight excluding hydrogens is 214 g/mol. The molecule has 0 amide bonds. The Hall–Kier alpha value is -0.570. The molecule has 0 aromatic heterocycles. The molecule has 0 saturated heterocycles. The normalized spacial score (nSPS) is 29.9. The van der Waals surface area contributed by atoms with Crippen LogP contribution in [0.3, 0.4) is 0 Å². The van der Waals surface area contributed by atoms with E-state index in [1.165, 1.54) is 25.7 Å². The number of hydrogen-bond acceptors (Lipinski definition) is 2. The molecule has 1 aliphatic rings. The fraction of sp³-hybridized carbons (Fsp3) is 0.929. The van der Waals surface area contributed by atoms with E-state index in [-0.39, 0.29) is 12.0 Å². The molecule has 0 aromatic rings. The smallest absolute Gasteiger partial charge is 0.305 e. The van der Waals surface area contributed by atoms with Gasteiger partial charge in [0.15, 0.2) is 0 Å². The summed E-state index contributed by atoms with van der Waals surface area (Å²) in [5, 5.41) is 12.6. The molecule has 2 atom stereocenters. The first-order chi connectivity index (χ1) is 8.12. The summed E-state index contributed by atoms with van der Waals surface area (Å²) >= 11 is 0. The highest BCUT2D eigenvalue weighted by Gasteiger charge is 2.34. The van der Waals surface area contributed by atoms with E-state index in [0.717, 1.165) is 31.7 Å². The number of hydrogen-bond donors (Lipinski definition) is 2. The second kappa shape index (κ2) is 7.00. The molecule has 1 saturated carbocycles. The number of nitrogens with one attached hydrogen (secondary N) is 1. The van der Waals surface area contributed by atoms with Crippen LogP contribution in [0.5, 0.6) is 0 Å². The van der Waals surface area contributed by atoms with Crippen molar-refractivity contribution in [3.05, 3.63) is 0 Å². The van der Waals surface area contributed by atoms with Crippen LogP contribution in [0.15, 0.2) is 0 Å². The fourth-order valence-electron chi connectivity index (χ4n) is 2.98. The van der Waals surface area contributed by atoms with Crippen LogP contribution in [0.4, 0.5) is 0 Å². The Morgan fingerprint density at radius 1 is 1.35 bits per heavy atom. The maximum absolute atomic E-state index is 11.1. The molecule has 0 radical (unpaired) electrons. The summed E-state index contributed by atoms with van der Waals surface area (Å²) in [6, 6.07) is 0. The Morgan fingerprint density at radius 3 is 2.71 bits per heavy atom. The standard InChI is InChI=1S/C14H27NO2/c1-3-10-15-14(11-13(16)17)8-5-6-12(4-2)7-9-14/h12,15H,3-11H2,1-2H3,(H,16,17). The van der Waals surface area contributed by atoms with Gasteiger partial charge in [-0.05, 0) is 38.1 Å². The molecule has 0 aliphatic heterocycles. The van der Waals surface area contributed by atoms with Crippen molar-refractivity contribution in [1.29, 1.82) is 0 Å². The molecule has 2 unspecified atom stereocenters. The fourth-order valence-corrected chi connectivity index (χ4v) is 2.98. The summed E-state index contributed by atoms with van der Waals surface area (Å²) in [6.07, 6.45) is 8.25. The molecule has 0 spiro atoms. The number of carboxylic acids is 1. The minimum atomic E-state index is -0.663. The summed E-state index contributed by atoms with van der Waals surface area (Å²) in [7, 11) is 0. The molecule has 0 bridgehead atoms. The van der Waals surface area contributed by atoms with Gasteiger partial charge in [0.2, 0.25) is 0 Å². The lowest BCUT2D eigenvalue weighted by atomic mass is 9.86. The zero-order valence-electron chi connectivity index (χ0n) is 11.3. The van der Waals surface area contributed by atoms with Crippen molar-refractivity contribution in [1.82, 2.24) is 5.32 Å². The molecule has 0 heterocycles. The Bertz CT molecular complexity index is 242. The van der Waals surface area contributed by atoms with Gasteiger partial charge in [0.05, 0.1) is 6.42 Å². The van der Waals surface area contributed by atoms with Crippen molar-refractivity contribution in [2.45, 2.75) is 70.8 Å². The third-order valence-electron chi connectivity index (χ3n) is 4.12. The molecule has 1 rings (SSSR count). The largest absolute Gasteiger partial charge is 0.481 e. The molecule has 3 heteroatoms. The number of carbonyl (C=O) groups is 1. The Balaban J connectivity index is 2.64. The van der Waals surface area contributed by atoms with E-state index in [1.54, 1.807) is 0 Å². The maximum atomic E-state index is 11.1. The lowest BCUT2D eigenvalue weighted by Crippen LogP contribution is -2.47. The predicted molar refractivity (Wildman–Crippen MR) is 70.1 cm³/mol.